The Morgan fingerprint density at radius 2 is 0.719 bits per heavy atom. The molecule has 0 aromatic carbocycles. The van der Waals surface area contributed by atoms with Gasteiger partial charge in [0.2, 0.25) is 0 Å². The van der Waals surface area contributed by atoms with Gasteiger partial charge in [0.05, 0.1) is 27.7 Å². The fourth-order valence-electron chi connectivity index (χ4n) is 3.99. The van der Waals surface area contributed by atoms with E-state index in [2.05, 4.69) is 54.0 Å². The highest BCUT2D eigenvalue weighted by Crippen LogP contribution is 2.11. The van der Waals surface area contributed by atoms with Gasteiger partial charge in [0.15, 0.2) is 0 Å². The molecule has 198 valence electrons. The van der Waals surface area contributed by atoms with Crippen molar-refractivity contribution in [2.75, 3.05) is 48.3 Å². The fraction of sp³-hybridized carbons (Fsp3) is 1.00. The topological polar surface area (TPSA) is 3.24 Å². The van der Waals surface area contributed by atoms with E-state index in [1.165, 1.54) is 142 Å². The summed E-state index contributed by atoms with van der Waals surface area (Å²) in [6.07, 6.45) is 28.8. The predicted octanol–water partition coefficient (Wildman–Crippen LogP) is 6.09. The fourth-order valence-corrected chi connectivity index (χ4v) is 3.99. The van der Waals surface area contributed by atoms with Crippen molar-refractivity contribution >= 4 is 0 Å². The molecule has 0 saturated heterocycles. The summed E-state index contributed by atoms with van der Waals surface area (Å²) in [5.74, 6) is 0. The van der Waals surface area contributed by atoms with E-state index >= 15 is 0 Å². The highest BCUT2D eigenvalue weighted by Gasteiger charge is 2.04. The van der Waals surface area contributed by atoms with Crippen LogP contribution in [-0.4, -0.2) is 57.7 Å². The largest absolute Gasteiger partial charge is 1.00 e. The maximum atomic E-state index is 2.29. The van der Waals surface area contributed by atoms with Gasteiger partial charge >= 0.3 is 0 Å². The SMILES string of the molecule is CCCCCCCCCCCCN(C)C.CCCCCCCCCCCC[N+](C)(C)C.[Cl-]. The normalized spacial score (nSPS) is 11.2. The molecule has 0 rings (SSSR count). The van der Waals surface area contributed by atoms with Gasteiger partial charge in [-0.05, 0) is 39.9 Å². The first-order chi connectivity index (χ1) is 14.8. The molecule has 0 spiro atoms. The third-order valence-corrected chi connectivity index (χ3v) is 6.14. The number of nitrogens with zero attached hydrogens (tertiary/aromatic N) is 2. The second-order valence-electron chi connectivity index (χ2n) is 11.2. The van der Waals surface area contributed by atoms with Crippen LogP contribution < -0.4 is 12.4 Å². The zero-order valence-corrected chi connectivity index (χ0v) is 24.6. The van der Waals surface area contributed by atoms with Gasteiger partial charge in [-0.2, -0.15) is 0 Å². The van der Waals surface area contributed by atoms with Crippen molar-refractivity contribution in [2.45, 2.75) is 142 Å². The molecule has 0 aromatic rings. The van der Waals surface area contributed by atoms with Gasteiger partial charge in [-0.1, -0.05) is 123 Å². The average Bonchev–Trinajstić information content (AvgIpc) is 2.70. The van der Waals surface area contributed by atoms with Gasteiger partial charge in [0, 0.05) is 0 Å². The van der Waals surface area contributed by atoms with Gasteiger partial charge in [-0.25, -0.2) is 0 Å². The Kier molecular flexibility index (Phi) is 33.6. The minimum absolute atomic E-state index is 0. The van der Waals surface area contributed by atoms with Crippen LogP contribution in [0.3, 0.4) is 0 Å². The lowest BCUT2D eigenvalue weighted by atomic mass is 10.1. The Hall–Kier alpha value is 0.210. The van der Waals surface area contributed by atoms with E-state index in [4.69, 9.17) is 0 Å². The van der Waals surface area contributed by atoms with E-state index in [9.17, 15) is 0 Å². The zero-order chi connectivity index (χ0) is 23.6. The maximum absolute atomic E-state index is 2.29. The second-order valence-corrected chi connectivity index (χ2v) is 11.2. The van der Waals surface area contributed by atoms with Crippen LogP contribution in [-0.2, 0) is 0 Å². The summed E-state index contributed by atoms with van der Waals surface area (Å²) in [5, 5.41) is 0. The average molecular weight is 477 g/mol. The number of hydrogen-bond donors (Lipinski definition) is 0. The van der Waals surface area contributed by atoms with E-state index in [-0.39, 0.29) is 12.4 Å². The van der Waals surface area contributed by atoms with Crippen molar-refractivity contribution in [3.63, 3.8) is 0 Å². The molecular formula is C29H65ClN2. The molecule has 2 nitrogen and oxygen atoms in total. The van der Waals surface area contributed by atoms with Crippen LogP contribution in [0.5, 0.6) is 0 Å². The molecule has 0 bridgehead atoms. The van der Waals surface area contributed by atoms with E-state index in [1.807, 2.05) is 0 Å². The van der Waals surface area contributed by atoms with E-state index in [0.29, 0.717) is 0 Å². The van der Waals surface area contributed by atoms with Crippen LogP contribution in [0, 0.1) is 0 Å². The lowest BCUT2D eigenvalue weighted by Gasteiger charge is -2.23. The third-order valence-electron chi connectivity index (χ3n) is 6.14. The van der Waals surface area contributed by atoms with Crippen molar-refractivity contribution in [1.29, 1.82) is 0 Å². The molecule has 0 amide bonds. The molecule has 0 aromatic heterocycles. The molecule has 0 aliphatic rings. The van der Waals surface area contributed by atoms with Gasteiger partial charge in [-0.3, -0.25) is 0 Å². The van der Waals surface area contributed by atoms with E-state index < -0.39 is 0 Å². The Morgan fingerprint density at radius 3 is 1.00 bits per heavy atom. The summed E-state index contributed by atoms with van der Waals surface area (Å²) in [4.78, 5) is 2.28. The molecule has 0 radical (unpaired) electrons. The monoisotopic (exact) mass is 476 g/mol. The summed E-state index contributed by atoms with van der Waals surface area (Å²) in [5.41, 5.74) is 0. The summed E-state index contributed by atoms with van der Waals surface area (Å²) in [6.45, 7) is 7.16. The summed E-state index contributed by atoms with van der Waals surface area (Å²) in [7, 11) is 11.2. The van der Waals surface area contributed by atoms with Crippen LogP contribution in [0.15, 0.2) is 0 Å². The minimum atomic E-state index is 0. The van der Waals surface area contributed by atoms with E-state index in [0.717, 1.165) is 4.48 Å². The van der Waals surface area contributed by atoms with E-state index in [1.54, 1.807) is 0 Å². The molecule has 0 atom stereocenters. The summed E-state index contributed by atoms with van der Waals surface area (Å²) >= 11 is 0. The quantitative estimate of drug-likeness (QED) is 0.135. The molecular weight excluding hydrogens is 412 g/mol. The Morgan fingerprint density at radius 1 is 0.438 bits per heavy atom. The predicted molar refractivity (Wildman–Crippen MR) is 145 cm³/mol. The van der Waals surface area contributed by atoms with Gasteiger partial charge < -0.3 is 21.8 Å². The molecule has 0 aliphatic carbocycles. The van der Waals surface area contributed by atoms with Crippen molar-refractivity contribution in [2.24, 2.45) is 0 Å². The van der Waals surface area contributed by atoms with Crippen molar-refractivity contribution in [1.82, 2.24) is 4.90 Å². The second kappa shape index (κ2) is 29.2. The lowest BCUT2D eigenvalue weighted by Crippen LogP contribution is -3.00. The molecule has 0 aliphatic heterocycles. The first-order valence-corrected chi connectivity index (χ1v) is 14.3. The van der Waals surface area contributed by atoms with Gasteiger partial charge in [-0.15, -0.1) is 0 Å². The first-order valence-electron chi connectivity index (χ1n) is 14.3. The van der Waals surface area contributed by atoms with Crippen LogP contribution in [0.2, 0.25) is 0 Å². The molecule has 0 unspecified atom stereocenters. The molecule has 0 heterocycles. The number of unbranched alkanes of at least 4 members (excludes halogenated alkanes) is 18. The number of halogens is 1. The zero-order valence-electron chi connectivity index (χ0n) is 23.8. The van der Waals surface area contributed by atoms with Crippen LogP contribution in [0.25, 0.3) is 0 Å². The first kappa shape index (κ1) is 36.8. The summed E-state index contributed by atoms with van der Waals surface area (Å²) < 4.78 is 1.12. The lowest BCUT2D eigenvalue weighted by molar-refractivity contribution is -0.870. The maximum Gasteiger partial charge on any atom is 0.0780 e. The highest BCUT2D eigenvalue weighted by molar-refractivity contribution is 4.49. The number of hydrogen-bond acceptors (Lipinski definition) is 1. The molecule has 0 fully saturated rings. The Labute approximate surface area is 212 Å². The Balaban J connectivity index is -0.000000511. The summed E-state index contributed by atoms with van der Waals surface area (Å²) in [6, 6.07) is 0. The smallest absolute Gasteiger partial charge is 0.0780 e. The van der Waals surface area contributed by atoms with Crippen LogP contribution in [0.1, 0.15) is 142 Å². The van der Waals surface area contributed by atoms with Crippen LogP contribution >= 0.6 is 0 Å². The molecule has 0 saturated carbocycles. The van der Waals surface area contributed by atoms with Gasteiger partial charge in [0.25, 0.3) is 0 Å². The standard InChI is InChI=1S/C15H34N.C14H31N.ClH/c1-5-6-7-8-9-10-11-12-13-14-15-16(2,3)4;1-4-5-6-7-8-9-10-11-12-13-14-15(2)3;/h5-15H2,1-4H3;4-14H2,1-3H3;1H/q+1;;/p-1. The molecule has 32 heavy (non-hydrogen) atoms. The van der Waals surface area contributed by atoms with Crippen molar-refractivity contribution in [3.8, 4) is 0 Å². The minimum Gasteiger partial charge on any atom is -1.00 e. The Bertz CT molecular complexity index is 313. The highest BCUT2D eigenvalue weighted by atomic mass is 35.5. The number of rotatable bonds is 22. The van der Waals surface area contributed by atoms with Gasteiger partial charge in [0.1, 0.15) is 0 Å². The number of quaternary nitrogens is 1. The van der Waals surface area contributed by atoms with Crippen molar-refractivity contribution in [3.05, 3.63) is 0 Å². The molecule has 3 heteroatoms. The molecule has 0 N–H and O–H groups in total. The van der Waals surface area contributed by atoms with Crippen LogP contribution in [0.4, 0.5) is 0 Å². The van der Waals surface area contributed by atoms with Crippen molar-refractivity contribution < 1.29 is 16.9 Å². The third kappa shape index (κ3) is 40.6.